The molecule has 1 aromatic heterocycles. The van der Waals surface area contributed by atoms with E-state index in [1.54, 1.807) is 6.07 Å². The Kier molecular flexibility index (Phi) is 5.19. The molecule has 1 aromatic rings. The van der Waals surface area contributed by atoms with Crippen molar-refractivity contribution in [2.75, 3.05) is 20.6 Å². The van der Waals surface area contributed by atoms with Crippen LogP contribution in [0.15, 0.2) is 16.3 Å². The third-order valence-corrected chi connectivity index (χ3v) is 6.64. The highest BCUT2D eigenvalue weighted by molar-refractivity contribution is 7.91. The lowest BCUT2D eigenvalue weighted by molar-refractivity contribution is 0.248. The van der Waals surface area contributed by atoms with Gasteiger partial charge in [-0.25, -0.2) is 13.1 Å². The van der Waals surface area contributed by atoms with Gasteiger partial charge < -0.3 is 5.32 Å². The Morgan fingerprint density at radius 1 is 1.45 bits per heavy atom. The van der Waals surface area contributed by atoms with Gasteiger partial charge in [-0.1, -0.05) is 0 Å². The third kappa shape index (κ3) is 4.02. The van der Waals surface area contributed by atoms with Gasteiger partial charge in [-0.3, -0.25) is 4.90 Å². The summed E-state index contributed by atoms with van der Waals surface area (Å²) in [6.45, 7) is 3.21. The minimum absolute atomic E-state index is 0.217. The van der Waals surface area contributed by atoms with E-state index in [9.17, 15) is 8.42 Å². The second-order valence-electron chi connectivity index (χ2n) is 5.35. The number of rotatable bonds is 8. The number of likely N-dealkylation sites (N-methyl/N-ethyl adjacent to an activating group) is 1. The molecular weight excluding hydrogens is 294 g/mol. The average molecular weight is 317 g/mol. The normalized spacial score (nSPS) is 17.6. The number of hydrogen-bond acceptors (Lipinski definition) is 5. The highest BCUT2D eigenvalue weighted by Crippen LogP contribution is 2.27. The SMILES string of the molecule is CNCc1ccc(S(=O)(=O)NCC(C)N(C)C2CC2)s1. The van der Waals surface area contributed by atoms with E-state index < -0.39 is 10.0 Å². The van der Waals surface area contributed by atoms with Gasteiger partial charge in [-0.2, -0.15) is 0 Å². The van der Waals surface area contributed by atoms with E-state index in [2.05, 4.69) is 28.9 Å². The van der Waals surface area contributed by atoms with Gasteiger partial charge >= 0.3 is 0 Å². The van der Waals surface area contributed by atoms with Gasteiger partial charge in [-0.05, 0) is 46.0 Å². The number of nitrogens with one attached hydrogen (secondary N) is 2. The van der Waals surface area contributed by atoms with Crippen LogP contribution in [0.2, 0.25) is 0 Å². The monoisotopic (exact) mass is 317 g/mol. The van der Waals surface area contributed by atoms with E-state index in [0.717, 1.165) is 4.88 Å². The summed E-state index contributed by atoms with van der Waals surface area (Å²) in [7, 11) is 0.533. The molecule has 0 bridgehead atoms. The number of nitrogens with zero attached hydrogens (tertiary/aromatic N) is 1. The summed E-state index contributed by atoms with van der Waals surface area (Å²) in [6, 6.07) is 4.39. The predicted molar refractivity (Wildman–Crippen MR) is 82.5 cm³/mol. The van der Waals surface area contributed by atoms with Crippen molar-refractivity contribution >= 4 is 21.4 Å². The zero-order chi connectivity index (χ0) is 14.8. The Bertz CT molecular complexity index is 538. The molecular formula is C13H23N3O2S2. The molecule has 1 aliphatic rings. The minimum Gasteiger partial charge on any atom is -0.315 e. The zero-order valence-corrected chi connectivity index (χ0v) is 13.9. The summed E-state index contributed by atoms with van der Waals surface area (Å²) < 4.78 is 27.6. The summed E-state index contributed by atoms with van der Waals surface area (Å²) >= 11 is 1.32. The van der Waals surface area contributed by atoms with Crippen LogP contribution in [0.1, 0.15) is 24.6 Å². The molecule has 5 nitrogen and oxygen atoms in total. The molecule has 1 heterocycles. The van der Waals surface area contributed by atoms with Crippen molar-refractivity contribution in [3.63, 3.8) is 0 Å². The molecule has 1 saturated carbocycles. The molecule has 0 amide bonds. The number of thiophene rings is 1. The van der Waals surface area contributed by atoms with Crippen LogP contribution in [-0.2, 0) is 16.6 Å². The lowest BCUT2D eigenvalue weighted by Gasteiger charge is -2.24. The Morgan fingerprint density at radius 2 is 2.15 bits per heavy atom. The summed E-state index contributed by atoms with van der Waals surface area (Å²) in [6.07, 6.45) is 2.46. The van der Waals surface area contributed by atoms with Crippen LogP contribution in [0, 0.1) is 0 Å². The third-order valence-electron chi connectivity index (χ3n) is 3.64. The molecule has 2 N–H and O–H groups in total. The Morgan fingerprint density at radius 3 is 2.75 bits per heavy atom. The van der Waals surface area contributed by atoms with Crippen LogP contribution in [0.5, 0.6) is 0 Å². The lowest BCUT2D eigenvalue weighted by atomic mass is 10.3. The fourth-order valence-electron chi connectivity index (χ4n) is 2.06. The molecule has 0 aromatic carbocycles. The van der Waals surface area contributed by atoms with Crippen LogP contribution >= 0.6 is 11.3 Å². The van der Waals surface area contributed by atoms with Crippen molar-refractivity contribution in [2.24, 2.45) is 0 Å². The second-order valence-corrected chi connectivity index (χ2v) is 8.51. The maximum absolute atomic E-state index is 12.2. The van der Waals surface area contributed by atoms with E-state index in [1.165, 1.54) is 24.2 Å². The van der Waals surface area contributed by atoms with Gasteiger partial charge in [0, 0.05) is 30.1 Å². The molecule has 0 saturated heterocycles. The average Bonchev–Trinajstić information content (AvgIpc) is 3.15. The lowest BCUT2D eigenvalue weighted by Crippen LogP contribution is -2.40. The van der Waals surface area contributed by atoms with E-state index >= 15 is 0 Å². The molecule has 1 fully saturated rings. The van der Waals surface area contributed by atoms with Crippen molar-refractivity contribution in [2.45, 2.75) is 42.6 Å². The van der Waals surface area contributed by atoms with E-state index in [-0.39, 0.29) is 6.04 Å². The molecule has 0 radical (unpaired) electrons. The Hall–Kier alpha value is -0.470. The van der Waals surface area contributed by atoms with Crippen LogP contribution in [0.3, 0.4) is 0 Å². The van der Waals surface area contributed by atoms with Crippen LogP contribution in [0.25, 0.3) is 0 Å². The van der Waals surface area contributed by atoms with Crippen molar-refractivity contribution in [3.05, 3.63) is 17.0 Å². The van der Waals surface area contributed by atoms with Crippen LogP contribution in [-0.4, -0.2) is 46.0 Å². The molecule has 0 spiro atoms. The van der Waals surface area contributed by atoms with Gasteiger partial charge in [0.25, 0.3) is 0 Å². The number of hydrogen-bond donors (Lipinski definition) is 2. The van der Waals surface area contributed by atoms with E-state index in [0.29, 0.717) is 23.3 Å². The standard InChI is InChI=1S/C13H23N3O2S2/c1-10(16(3)11-4-5-11)8-15-20(17,18)13-7-6-12(19-13)9-14-2/h6-7,10-11,14-15H,4-5,8-9H2,1-3H3. The van der Waals surface area contributed by atoms with Crippen LogP contribution < -0.4 is 10.0 Å². The summed E-state index contributed by atoms with van der Waals surface area (Å²) in [4.78, 5) is 3.28. The second kappa shape index (κ2) is 6.53. The van der Waals surface area contributed by atoms with Crippen molar-refractivity contribution in [1.29, 1.82) is 0 Å². The quantitative estimate of drug-likeness (QED) is 0.757. The highest BCUT2D eigenvalue weighted by atomic mass is 32.2. The Balaban J connectivity index is 1.92. The molecule has 114 valence electrons. The molecule has 1 aliphatic carbocycles. The van der Waals surface area contributed by atoms with Crippen molar-refractivity contribution < 1.29 is 8.42 Å². The smallest absolute Gasteiger partial charge is 0.250 e. The minimum atomic E-state index is -3.38. The first-order chi connectivity index (χ1) is 9.44. The maximum atomic E-state index is 12.2. The fraction of sp³-hybridized carbons (Fsp3) is 0.692. The van der Waals surface area contributed by atoms with Crippen molar-refractivity contribution in [1.82, 2.24) is 14.9 Å². The first-order valence-corrected chi connectivity index (χ1v) is 9.19. The van der Waals surface area contributed by atoms with E-state index in [1.807, 2.05) is 13.1 Å². The highest BCUT2D eigenvalue weighted by Gasteiger charge is 2.29. The summed E-state index contributed by atoms with van der Waals surface area (Å²) in [5.41, 5.74) is 0. The first-order valence-electron chi connectivity index (χ1n) is 6.89. The molecule has 7 heteroatoms. The van der Waals surface area contributed by atoms with Gasteiger partial charge in [0.2, 0.25) is 10.0 Å². The van der Waals surface area contributed by atoms with Gasteiger partial charge in [0.15, 0.2) is 0 Å². The largest absolute Gasteiger partial charge is 0.315 e. The topological polar surface area (TPSA) is 61.4 Å². The van der Waals surface area contributed by atoms with Gasteiger partial charge in [0.05, 0.1) is 0 Å². The maximum Gasteiger partial charge on any atom is 0.250 e. The molecule has 0 aliphatic heterocycles. The molecule has 2 rings (SSSR count). The first kappa shape index (κ1) is 15.9. The molecule has 20 heavy (non-hydrogen) atoms. The van der Waals surface area contributed by atoms with Gasteiger partial charge in [-0.15, -0.1) is 11.3 Å². The zero-order valence-electron chi connectivity index (χ0n) is 12.2. The summed E-state index contributed by atoms with van der Waals surface area (Å²) in [5.74, 6) is 0. The molecule has 1 unspecified atom stereocenters. The number of sulfonamides is 1. The molecule has 1 atom stereocenters. The predicted octanol–water partition coefficient (Wildman–Crippen LogP) is 1.23. The van der Waals surface area contributed by atoms with Crippen LogP contribution in [0.4, 0.5) is 0 Å². The van der Waals surface area contributed by atoms with Crippen molar-refractivity contribution in [3.8, 4) is 0 Å². The van der Waals surface area contributed by atoms with E-state index in [4.69, 9.17) is 0 Å². The van der Waals surface area contributed by atoms with Gasteiger partial charge in [0.1, 0.15) is 4.21 Å². The Labute approximate surface area is 125 Å². The summed E-state index contributed by atoms with van der Waals surface area (Å²) in [5, 5.41) is 3.02. The fourth-order valence-corrected chi connectivity index (χ4v) is 4.59.